The van der Waals surface area contributed by atoms with E-state index >= 15 is 0 Å². The summed E-state index contributed by atoms with van der Waals surface area (Å²) in [6.07, 6.45) is 1.98. The van der Waals surface area contributed by atoms with Crippen molar-refractivity contribution in [3.05, 3.63) is 29.6 Å². The van der Waals surface area contributed by atoms with E-state index in [4.69, 9.17) is 9.47 Å². The topological polar surface area (TPSA) is 69.5 Å². The summed E-state index contributed by atoms with van der Waals surface area (Å²) in [6.45, 7) is 6.11. The Kier molecular flexibility index (Phi) is 5.48. The molecule has 0 saturated carbocycles. The fourth-order valence-electron chi connectivity index (χ4n) is 3.84. The third kappa shape index (κ3) is 3.70. The number of carbonyl (C=O) groups is 1. The summed E-state index contributed by atoms with van der Waals surface area (Å²) in [6, 6.07) is 6.12. The predicted molar refractivity (Wildman–Crippen MR) is 107 cm³/mol. The van der Waals surface area contributed by atoms with Gasteiger partial charge in [0.25, 0.3) is 0 Å². The van der Waals surface area contributed by atoms with E-state index in [1.165, 1.54) is 11.8 Å². The number of hydrogen-bond acceptors (Lipinski definition) is 6. The van der Waals surface area contributed by atoms with Crippen LogP contribution in [-0.4, -0.2) is 51.1 Å². The Hall–Kier alpha value is -2.22. The first kappa shape index (κ1) is 19.1. The molecule has 4 rings (SSSR count). The second-order valence-corrected chi connectivity index (χ2v) is 8.43. The summed E-state index contributed by atoms with van der Waals surface area (Å²) in [7, 11) is 1.95. The van der Waals surface area contributed by atoms with Gasteiger partial charge in [0, 0.05) is 19.5 Å². The van der Waals surface area contributed by atoms with Crippen LogP contribution in [0.2, 0.25) is 0 Å². The van der Waals surface area contributed by atoms with Crippen LogP contribution in [0.1, 0.15) is 50.0 Å². The van der Waals surface area contributed by atoms with E-state index in [1.807, 2.05) is 28.6 Å². The number of thioether (sulfide) groups is 1. The highest BCUT2D eigenvalue weighted by Crippen LogP contribution is 2.38. The fraction of sp³-hybridized carbons (Fsp3) is 0.550. The molecule has 8 heteroatoms. The van der Waals surface area contributed by atoms with Gasteiger partial charge in [0.15, 0.2) is 16.7 Å². The third-order valence-corrected chi connectivity index (χ3v) is 6.24. The predicted octanol–water partition coefficient (Wildman–Crippen LogP) is 3.17. The van der Waals surface area contributed by atoms with E-state index in [0.717, 1.165) is 47.4 Å². The van der Waals surface area contributed by atoms with Crippen LogP contribution < -0.4 is 9.47 Å². The van der Waals surface area contributed by atoms with E-state index in [1.54, 1.807) is 0 Å². The minimum Gasteiger partial charge on any atom is -0.486 e. The molecule has 1 unspecified atom stereocenters. The van der Waals surface area contributed by atoms with Crippen molar-refractivity contribution in [1.29, 1.82) is 0 Å². The first-order valence-electron chi connectivity index (χ1n) is 9.75. The van der Waals surface area contributed by atoms with Crippen LogP contribution in [0.15, 0.2) is 23.4 Å². The number of fused-ring (bicyclic) bond motifs is 1. The Bertz CT molecular complexity index is 867. The van der Waals surface area contributed by atoms with Crippen molar-refractivity contribution in [3.63, 3.8) is 0 Å². The monoisotopic (exact) mass is 402 g/mol. The van der Waals surface area contributed by atoms with Gasteiger partial charge >= 0.3 is 0 Å². The minimum absolute atomic E-state index is 0.0923. The molecule has 1 atom stereocenters. The van der Waals surface area contributed by atoms with Gasteiger partial charge in [-0.05, 0) is 30.5 Å². The maximum absolute atomic E-state index is 12.9. The number of likely N-dealkylation sites (tertiary alicyclic amines) is 1. The summed E-state index contributed by atoms with van der Waals surface area (Å²) < 4.78 is 13.3. The maximum Gasteiger partial charge on any atom is 0.233 e. The van der Waals surface area contributed by atoms with Gasteiger partial charge in [0.1, 0.15) is 19.0 Å². The molecule has 0 aliphatic carbocycles. The number of hydrogen-bond donors (Lipinski definition) is 0. The van der Waals surface area contributed by atoms with Crippen molar-refractivity contribution in [1.82, 2.24) is 19.7 Å². The molecule has 2 aliphatic rings. The zero-order valence-corrected chi connectivity index (χ0v) is 17.4. The van der Waals surface area contributed by atoms with E-state index in [9.17, 15) is 4.79 Å². The molecule has 2 aliphatic heterocycles. The van der Waals surface area contributed by atoms with E-state index in [0.29, 0.717) is 24.9 Å². The van der Waals surface area contributed by atoms with Crippen LogP contribution in [0, 0.1) is 0 Å². The lowest BCUT2D eigenvalue weighted by molar-refractivity contribution is -0.129. The SMILES string of the molecule is CC(C)c1nnc(SCC(=O)N2CCCC2c2ccc3c(c2)OCCO3)n1C. The second-order valence-electron chi connectivity index (χ2n) is 7.49. The number of benzene rings is 1. The Labute approximate surface area is 169 Å². The highest BCUT2D eigenvalue weighted by molar-refractivity contribution is 7.99. The Morgan fingerprint density at radius 3 is 2.79 bits per heavy atom. The number of aromatic nitrogens is 3. The zero-order valence-electron chi connectivity index (χ0n) is 16.6. The first-order valence-corrected chi connectivity index (χ1v) is 10.7. The van der Waals surface area contributed by atoms with Crippen LogP contribution in [0.3, 0.4) is 0 Å². The smallest absolute Gasteiger partial charge is 0.233 e. The Balaban J connectivity index is 1.44. The molecule has 2 aromatic rings. The average Bonchev–Trinajstić information content (AvgIpc) is 3.33. The molecule has 3 heterocycles. The molecule has 1 fully saturated rings. The van der Waals surface area contributed by atoms with E-state index < -0.39 is 0 Å². The van der Waals surface area contributed by atoms with Gasteiger partial charge in [-0.2, -0.15) is 0 Å². The highest BCUT2D eigenvalue weighted by atomic mass is 32.2. The Morgan fingerprint density at radius 2 is 2.04 bits per heavy atom. The van der Waals surface area contributed by atoms with Gasteiger partial charge in [0.05, 0.1) is 11.8 Å². The van der Waals surface area contributed by atoms with Crippen LogP contribution >= 0.6 is 11.8 Å². The van der Waals surface area contributed by atoms with Crippen LogP contribution in [-0.2, 0) is 11.8 Å². The van der Waals surface area contributed by atoms with Crippen molar-refractivity contribution in [3.8, 4) is 11.5 Å². The molecule has 0 N–H and O–H groups in total. The van der Waals surface area contributed by atoms with Crippen LogP contribution in [0.5, 0.6) is 11.5 Å². The fourth-order valence-corrected chi connectivity index (χ4v) is 4.65. The van der Waals surface area contributed by atoms with Crippen molar-refractivity contribution >= 4 is 17.7 Å². The van der Waals surface area contributed by atoms with Gasteiger partial charge in [-0.3, -0.25) is 4.79 Å². The number of carbonyl (C=O) groups excluding carboxylic acids is 1. The summed E-state index contributed by atoms with van der Waals surface area (Å²) in [5.41, 5.74) is 1.11. The molecular weight excluding hydrogens is 376 g/mol. The largest absolute Gasteiger partial charge is 0.486 e. The number of rotatable bonds is 5. The standard InChI is InChI=1S/C20H26N4O3S/c1-13(2)19-21-22-20(23(19)3)28-12-18(25)24-8-4-5-15(24)14-6-7-16-17(11-14)27-10-9-26-16/h6-7,11,13,15H,4-5,8-10,12H2,1-3H3. The molecule has 28 heavy (non-hydrogen) atoms. The van der Waals surface area contributed by atoms with Gasteiger partial charge in [-0.25, -0.2) is 0 Å². The molecule has 150 valence electrons. The molecule has 0 radical (unpaired) electrons. The summed E-state index contributed by atoms with van der Waals surface area (Å²) >= 11 is 1.45. The molecule has 0 bridgehead atoms. The van der Waals surface area contributed by atoms with Gasteiger partial charge in [-0.15, -0.1) is 10.2 Å². The molecule has 1 saturated heterocycles. The van der Waals surface area contributed by atoms with Gasteiger partial charge in [-0.1, -0.05) is 31.7 Å². The van der Waals surface area contributed by atoms with Crippen molar-refractivity contribution in [2.45, 2.75) is 43.8 Å². The maximum atomic E-state index is 12.9. The normalized spacial score (nSPS) is 18.7. The average molecular weight is 403 g/mol. The van der Waals surface area contributed by atoms with Crippen LogP contribution in [0.25, 0.3) is 0 Å². The number of nitrogens with zero attached hydrogens (tertiary/aromatic N) is 4. The number of amides is 1. The lowest BCUT2D eigenvalue weighted by atomic mass is 10.0. The van der Waals surface area contributed by atoms with Crippen molar-refractivity contribution in [2.75, 3.05) is 25.5 Å². The van der Waals surface area contributed by atoms with Crippen LogP contribution in [0.4, 0.5) is 0 Å². The van der Waals surface area contributed by atoms with Gasteiger partial charge in [0.2, 0.25) is 5.91 Å². The van der Waals surface area contributed by atoms with Crippen molar-refractivity contribution in [2.24, 2.45) is 7.05 Å². The summed E-state index contributed by atoms with van der Waals surface area (Å²) in [4.78, 5) is 14.9. The second kappa shape index (κ2) is 8.03. The summed E-state index contributed by atoms with van der Waals surface area (Å²) in [5.74, 6) is 3.30. The first-order chi connectivity index (χ1) is 13.5. The number of ether oxygens (including phenoxy) is 2. The zero-order chi connectivity index (χ0) is 19.7. The molecule has 0 spiro atoms. The Morgan fingerprint density at radius 1 is 1.25 bits per heavy atom. The molecule has 1 aromatic carbocycles. The molecule has 1 amide bonds. The molecular formula is C20H26N4O3S. The highest BCUT2D eigenvalue weighted by Gasteiger charge is 2.31. The lowest BCUT2D eigenvalue weighted by Gasteiger charge is -2.26. The van der Waals surface area contributed by atoms with E-state index in [2.05, 4.69) is 30.1 Å². The van der Waals surface area contributed by atoms with Crippen molar-refractivity contribution < 1.29 is 14.3 Å². The van der Waals surface area contributed by atoms with E-state index in [-0.39, 0.29) is 11.9 Å². The molecule has 1 aromatic heterocycles. The lowest BCUT2D eigenvalue weighted by Crippen LogP contribution is -2.32. The third-order valence-electron chi connectivity index (χ3n) is 5.23. The summed E-state index contributed by atoms with van der Waals surface area (Å²) in [5, 5.41) is 9.26. The molecule has 7 nitrogen and oxygen atoms in total. The minimum atomic E-state index is 0.0923. The quantitative estimate of drug-likeness (QED) is 0.716. The van der Waals surface area contributed by atoms with Gasteiger partial charge < -0.3 is 18.9 Å².